The molecule has 1 atom stereocenters. The Balaban J connectivity index is 2.21. The maximum absolute atomic E-state index is 12.1. The zero-order chi connectivity index (χ0) is 13.2. The molecule has 1 amide bonds. The molecule has 1 unspecified atom stereocenters. The van der Waals surface area contributed by atoms with E-state index in [1.54, 1.807) is 12.1 Å². The number of nitro groups is 1. The van der Waals surface area contributed by atoms with E-state index in [-0.39, 0.29) is 16.8 Å². The molecular formula is C12H15N3O3. The van der Waals surface area contributed by atoms with Gasteiger partial charge < -0.3 is 10.6 Å². The minimum absolute atomic E-state index is 0.107. The molecule has 6 heteroatoms. The van der Waals surface area contributed by atoms with Crippen molar-refractivity contribution in [1.29, 1.82) is 0 Å². The number of carbonyl (C=O) groups is 1. The fraction of sp³-hybridized carbons (Fsp3) is 0.417. The van der Waals surface area contributed by atoms with Crippen LogP contribution in [0.1, 0.15) is 23.7 Å². The summed E-state index contributed by atoms with van der Waals surface area (Å²) >= 11 is 0. The Morgan fingerprint density at radius 2 is 2.22 bits per heavy atom. The molecule has 1 heterocycles. The summed E-state index contributed by atoms with van der Waals surface area (Å²) in [7, 11) is 0. The number of nitrogens with one attached hydrogen (secondary N) is 2. The Labute approximate surface area is 105 Å². The van der Waals surface area contributed by atoms with E-state index in [4.69, 9.17) is 0 Å². The van der Waals surface area contributed by atoms with Crippen LogP contribution >= 0.6 is 0 Å². The lowest BCUT2D eigenvalue weighted by Crippen LogP contribution is -2.47. The summed E-state index contributed by atoms with van der Waals surface area (Å²) in [5.74, 6) is -0.395. The van der Waals surface area contributed by atoms with Gasteiger partial charge in [0.05, 0.1) is 10.5 Å². The number of rotatable bonds is 3. The highest BCUT2D eigenvalue weighted by Crippen LogP contribution is 2.20. The number of nitrogens with zero attached hydrogens (tertiary/aromatic N) is 1. The van der Waals surface area contributed by atoms with Gasteiger partial charge >= 0.3 is 0 Å². The average molecular weight is 249 g/mol. The molecular weight excluding hydrogens is 234 g/mol. The third kappa shape index (κ3) is 2.48. The number of hydrogen-bond acceptors (Lipinski definition) is 4. The summed E-state index contributed by atoms with van der Waals surface area (Å²) in [6.45, 7) is 3.45. The number of benzene rings is 1. The summed E-state index contributed by atoms with van der Waals surface area (Å²) in [4.78, 5) is 22.4. The van der Waals surface area contributed by atoms with E-state index < -0.39 is 10.8 Å². The maximum Gasteiger partial charge on any atom is 0.282 e. The van der Waals surface area contributed by atoms with E-state index in [0.717, 1.165) is 13.0 Å². The van der Waals surface area contributed by atoms with E-state index in [2.05, 4.69) is 10.6 Å². The number of hydrogen-bond donors (Lipinski definition) is 2. The predicted octanol–water partition coefficient (Wildman–Crippen LogP) is 1.08. The Morgan fingerprint density at radius 3 is 2.83 bits per heavy atom. The number of nitro benzene ring substituents is 1. The van der Waals surface area contributed by atoms with Crippen molar-refractivity contribution in [1.82, 2.24) is 10.6 Å². The number of amides is 1. The zero-order valence-corrected chi connectivity index (χ0v) is 10.1. The van der Waals surface area contributed by atoms with Gasteiger partial charge in [0.2, 0.25) is 0 Å². The second-order valence-electron chi connectivity index (χ2n) is 4.72. The molecule has 1 aliphatic rings. The third-order valence-corrected chi connectivity index (χ3v) is 3.13. The summed E-state index contributed by atoms with van der Waals surface area (Å²) < 4.78 is 0. The highest BCUT2D eigenvalue weighted by atomic mass is 16.6. The average Bonchev–Trinajstić information content (AvgIpc) is 2.75. The van der Waals surface area contributed by atoms with Gasteiger partial charge in [-0.15, -0.1) is 0 Å². The molecule has 1 aliphatic heterocycles. The van der Waals surface area contributed by atoms with Crippen molar-refractivity contribution in [3.63, 3.8) is 0 Å². The quantitative estimate of drug-likeness (QED) is 0.620. The van der Waals surface area contributed by atoms with Gasteiger partial charge in [-0.3, -0.25) is 14.9 Å². The fourth-order valence-corrected chi connectivity index (χ4v) is 2.09. The minimum Gasteiger partial charge on any atom is -0.345 e. The SMILES string of the molecule is CC1(NC(=O)c2ccccc2[N+](=O)[O-])CCNC1. The summed E-state index contributed by atoms with van der Waals surface area (Å²) in [5.41, 5.74) is -0.388. The van der Waals surface area contributed by atoms with E-state index in [1.165, 1.54) is 12.1 Å². The van der Waals surface area contributed by atoms with Crippen LogP contribution in [0, 0.1) is 10.1 Å². The minimum atomic E-state index is -0.538. The van der Waals surface area contributed by atoms with Crippen LogP contribution in [0.25, 0.3) is 0 Å². The summed E-state index contributed by atoms with van der Waals surface area (Å²) in [5, 5.41) is 16.9. The number of carbonyl (C=O) groups excluding carboxylic acids is 1. The van der Waals surface area contributed by atoms with E-state index >= 15 is 0 Å². The molecule has 0 aromatic heterocycles. The lowest BCUT2D eigenvalue weighted by molar-refractivity contribution is -0.385. The topological polar surface area (TPSA) is 84.3 Å². The van der Waals surface area contributed by atoms with Crippen LogP contribution in [0.3, 0.4) is 0 Å². The molecule has 18 heavy (non-hydrogen) atoms. The predicted molar refractivity (Wildman–Crippen MR) is 66.5 cm³/mol. The van der Waals surface area contributed by atoms with Crippen molar-refractivity contribution < 1.29 is 9.72 Å². The van der Waals surface area contributed by atoms with E-state index in [1.807, 2.05) is 6.92 Å². The van der Waals surface area contributed by atoms with Crippen LogP contribution in [-0.2, 0) is 0 Å². The Bertz CT molecular complexity index is 481. The second-order valence-corrected chi connectivity index (χ2v) is 4.72. The van der Waals surface area contributed by atoms with Gasteiger partial charge in [-0.25, -0.2) is 0 Å². The van der Waals surface area contributed by atoms with Crippen molar-refractivity contribution in [2.24, 2.45) is 0 Å². The van der Waals surface area contributed by atoms with Gasteiger partial charge in [0.15, 0.2) is 0 Å². The van der Waals surface area contributed by atoms with Crippen LogP contribution in [0.15, 0.2) is 24.3 Å². The summed E-state index contributed by atoms with van der Waals surface area (Å²) in [6.07, 6.45) is 0.819. The number of para-hydroxylation sites is 1. The molecule has 1 saturated heterocycles. The first kappa shape index (κ1) is 12.5. The molecule has 0 bridgehead atoms. The molecule has 96 valence electrons. The smallest absolute Gasteiger partial charge is 0.282 e. The highest BCUT2D eigenvalue weighted by molar-refractivity contribution is 5.98. The molecule has 1 fully saturated rings. The van der Waals surface area contributed by atoms with Gasteiger partial charge in [0.1, 0.15) is 5.56 Å². The van der Waals surface area contributed by atoms with Crippen molar-refractivity contribution in [2.45, 2.75) is 18.9 Å². The second kappa shape index (κ2) is 4.73. The lowest BCUT2D eigenvalue weighted by atomic mass is 10.0. The molecule has 1 aromatic carbocycles. The molecule has 0 radical (unpaired) electrons. The fourth-order valence-electron chi connectivity index (χ4n) is 2.09. The van der Waals surface area contributed by atoms with Crippen LogP contribution in [-0.4, -0.2) is 29.5 Å². The van der Waals surface area contributed by atoms with Gasteiger partial charge in [-0.1, -0.05) is 12.1 Å². The van der Waals surface area contributed by atoms with Crippen molar-refractivity contribution >= 4 is 11.6 Å². The van der Waals surface area contributed by atoms with Crippen LogP contribution in [0.2, 0.25) is 0 Å². The normalized spacial score (nSPS) is 22.7. The lowest BCUT2D eigenvalue weighted by Gasteiger charge is -2.24. The first-order valence-corrected chi connectivity index (χ1v) is 5.78. The summed E-state index contributed by atoms with van der Waals surface area (Å²) in [6, 6.07) is 5.98. The standard InChI is InChI=1S/C12H15N3O3/c1-12(6-7-13-8-12)14-11(16)9-4-2-3-5-10(9)15(17)18/h2-5,13H,6-8H2,1H3,(H,14,16). The van der Waals surface area contributed by atoms with Gasteiger partial charge in [-0.05, 0) is 26.0 Å². The Hall–Kier alpha value is -1.95. The maximum atomic E-state index is 12.1. The first-order valence-electron chi connectivity index (χ1n) is 5.78. The third-order valence-electron chi connectivity index (χ3n) is 3.13. The van der Waals surface area contributed by atoms with Crippen LogP contribution in [0.5, 0.6) is 0 Å². The van der Waals surface area contributed by atoms with Crippen LogP contribution in [0.4, 0.5) is 5.69 Å². The van der Waals surface area contributed by atoms with E-state index in [9.17, 15) is 14.9 Å². The molecule has 1 aromatic rings. The van der Waals surface area contributed by atoms with Crippen molar-refractivity contribution in [2.75, 3.05) is 13.1 Å². The van der Waals surface area contributed by atoms with Gasteiger partial charge in [0.25, 0.3) is 11.6 Å². The van der Waals surface area contributed by atoms with Gasteiger partial charge in [-0.2, -0.15) is 0 Å². The first-order chi connectivity index (χ1) is 8.52. The molecule has 0 saturated carbocycles. The zero-order valence-electron chi connectivity index (χ0n) is 10.1. The largest absolute Gasteiger partial charge is 0.345 e. The molecule has 2 rings (SSSR count). The molecule has 0 aliphatic carbocycles. The van der Waals surface area contributed by atoms with Crippen LogP contribution < -0.4 is 10.6 Å². The molecule has 6 nitrogen and oxygen atoms in total. The van der Waals surface area contributed by atoms with Crippen molar-refractivity contribution in [3.8, 4) is 0 Å². The Morgan fingerprint density at radius 1 is 1.50 bits per heavy atom. The molecule has 2 N–H and O–H groups in total. The molecule has 0 spiro atoms. The van der Waals surface area contributed by atoms with Crippen molar-refractivity contribution in [3.05, 3.63) is 39.9 Å². The highest BCUT2D eigenvalue weighted by Gasteiger charge is 2.32. The monoisotopic (exact) mass is 249 g/mol. The Kier molecular flexibility index (Phi) is 3.29. The van der Waals surface area contributed by atoms with E-state index in [0.29, 0.717) is 6.54 Å². The van der Waals surface area contributed by atoms with Gasteiger partial charge in [0, 0.05) is 12.6 Å².